The molecule has 0 unspecified atom stereocenters. The molecule has 1 atom stereocenters. The first-order valence-corrected chi connectivity index (χ1v) is 9.42. The van der Waals surface area contributed by atoms with E-state index in [1.807, 2.05) is 12.1 Å². The van der Waals surface area contributed by atoms with Crippen molar-refractivity contribution in [2.75, 3.05) is 56.8 Å². The van der Waals surface area contributed by atoms with E-state index in [0.29, 0.717) is 37.3 Å². The first kappa shape index (κ1) is 17.3. The van der Waals surface area contributed by atoms with E-state index >= 15 is 0 Å². The van der Waals surface area contributed by atoms with Gasteiger partial charge in [-0.05, 0) is 12.1 Å². The van der Waals surface area contributed by atoms with Gasteiger partial charge in [0.15, 0.2) is 5.13 Å². The van der Waals surface area contributed by atoms with E-state index in [2.05, 4.69) is 15.2 Å². The molecule has 0 bridgehead atoms. The summed E-state index contributed by atoms with van der Waals surface area (Å²) in [6, 6.07) is 3.94. The van der Waals surface area contributed by atoms with Gasteiger partial charge in [0.05, 0.1) is 43.9 Å². The van der Waals surface area contributed by atoms with E-state index in [1.165, 1.54) is 11.3 Å². The number of anilines is 2. The number of aromatic nitrogens is 1. The van der Waals surface area contributed by atoms with Gasteiger partial charge in [0, 0.05) is 19.5 Å². The summed E-state index contributed by atoms with van der Waals surface area (Å²) in [5.74, 6) is 0.680. The third-order valence-corrected chi connectivity index (χ3v) is 5.42. The van der Waals surface area contributed by atoms with Crippen LogP contribution in [-0.2, 0) is 14.2 Å². The average molecular weight is 379 g/mol. The lowest BCUT2D eigenvalue weighted by Crippen LogP contribution is -2.36. The van der Waals surface area contributed by atoms with E-state index in [4.69, 9.17) is 18.9 Å². The number of hydrogen-bond donors (Lipinski definition) is 1. The Morgan fingerprint density at radius 2 is 2.15 bits per heavy atom. The molecule has 0 radical (unpaired) electrons. The number of ether oxygens (including phenoxy) is 4. The van der Waals surface area contributed by atoms with E-state index in [9.17, 15) is 4.79 Å². The maximum atomic E-state index is 12.1. The highest BCUT2D eigenvalue weighted by atomic mass is 32.1. The molecular formula is C17H21N3O5S. The lowest BCUT2D eigenvalue weighted by Gasteiger charge is -2.29. The third-order valence-electron chi connectivity index (χ3n) is 4.43. The predicted molar refractivity (Wildman–Crippen MR) is 98.5 cm³/mol. The zero-order valence-corrected chi connectivity index (χ0v) is 15.3. The molecule has 0 aliphatic carbocycles. The van der Waals surface area contributed by atoms with Crippen LogP contribution in [0, 0.1) is 0 Å². The number of nitrogens with one attached hydrogen (secondary N) is 1. The number of benzene rings is 1. The van der Waals surface area contributed by atoms with Crippen molar-refractivity contribution >= 4 is 38.5 Å². The summed E-state index contributed by atoms with van der Waals surface area (Å²) in [6.45, 7) is 4.12. The van der Waals surface area contributed by atoms with Crippen LogP contribution in [0.4, 0.5) is 15.6 Å². The molecule has 2 aromatic rings. The number of amides is 1. The van der Waals surface area contributed by atoms with Crippen molar-refractivity contribution in [3.05, 3.63) is 12.1 Å². The molecule has 8 nitrogen and oxygen atoms in total. The third kappa shape index (κ3) is 3.55. The van der Waals surface area contributed by atoms with Gasteiger partial charge in [-0.3, -0.25) is 5.32 Å². The normalized spacial score (nSPS) is 20.3. The molecule has 26 heavy (non-hydrogen) atoms. The van der Waals surface area contributed by atoms with Gasteiger partial charge < -0.3 is 23.8 Å². The molecule has 0 saturated carbocycles. The molecular weight excluding hydrogens is 358 g/mol. The molecule has 1 N–H and O–H groups in total. The van der Waals surface area contributed by atoms with Crippen LogP contribution in [-0.4, -0.2) is 63.8 Å². The molecule has 1 aromatic carbocycles. The van der Waals surface area contributed by atoms with Crippen molar-refractivity contribution < 1.29 is 23.7 Å². The average Bonchev–Trinajstić information content (AvgIpc) is 3.31. The largest absolute Gasteiger partial charge is 0.494 e. The lowest BCUT2D eigenvalue weighted by molar-refractivity contribution is 0.0932. The van der Waals surface area contributed by atoms with Crippen LogP contribution in [0.25, 0.3) is 10.2 Å². The molecule has 1 aromatic heterocycles. The minimum atomic E-state index is -0.508. The van der Waals surface area contributed by atoms with Crippen LogP contribution in [0.2, 0.25) is 0 Å². The molecule has 2 aliphatic rings. The zero-order valence-electron chi connectivity index (χ0n) is 14.5. The van der Waals surface area contributed by atoms with Crippen LogP contribution < -0.4 is 15.0 Å². The van der Waals surface area contributed by atoms with Crippen molar-refractivity contribution in [3.8, 4) is 5.75 Å². The van der Waals surface area contributed by atoms with Crippen LogP contribution in [0.5, 0.6) is 5.75 Å². The van der Waals surface area contributed by atoms with Gasteiger partial charge in [-0.1, -0.05) is 11.3 Å². The van der Waals surface area contributed by atoms with Gasteiger partial charge in [-0.2, -0.15) is 0 Å². The highest BCUT2D eigenvalue weighted by Gasteiger charge is 2.22. The molecule has 0 spiro atoms. The van der Waals surface area contributed by atoms with E-state index < -0.39 is 6.09 Å². The van der Waals surface area contributed by atoms with Gasteiger partial charge in [0.1, 0.15) is 17.4 Å². The Morgan fingerprint density at radius 1 is 1.31 bits per heavy atom. The van der Waals surface area contributed by atoms with Crippen molar-refractivity contribution in [1.82, 2.24) is 4.98 Å². The number of morpholine rings is 1. The fourth-order valence-electron chi connectivity index (χ4n) is 3.12. The second-order valence-corrected chi connectivity index (χ2v) is 7.10. The van der Waals surface area contributed by atoms with Crippen molar-refractivity contribution in [3.63, 3.8) is 0 Å². The smallest absolute Gasteiger partial charge is 0.413 e. The van der Waals surface area contributed by atoms with Crippen molar-refractivity contribution in [2.24, 2.45) is 0 Å². The zero-order chi connectivity index (χ0) is 17.9. The molecule has 140 valence electrons. The fraction of sp³-hybridized carbons (Fsp3) is 0.529. The molecule has 2 aliphatic heterocycles. The van der Waals surface area contributed by atoms with Gasteiger partial charge >= 0.3 is 6.09 Å². The van der Waals surface area contributed by atoms with Crippen molar-refractivity contribution in [2.45, 2.75) is 12.5 Å². The Bertz CT molecular complexity index is 784. The summed E-state index contributed by atoms with van der Waals surface area (Å²) < 4.78 is 22.4. The molecule has 9 heteroatoms. The molecule has 2 fully saturated rings. The summed E-state index contributed by atoms with van der Waals surface area (Å²) in [6.07, 6.45) is 0.0247. The Balaban J connectivity index is 1.58. The predicted octanol–water partition coefficient (Wildman–Crippen LogP) is 2.48. The standard InChI is InChI=1S/C17H21N3O5S/c1-22-13-3-2-12(20-5-8-23-9-6-20)15-14(13)18-16(26-15)19-17(21)25-11-4-7-24-10-11/h2-3,11H,4-10H2,1H3,(H,18,19,21)/t11-/m1/s1. The van der Waals surface area contributed by atoms with Gasteiger partial charge in [0.2, 0.25) is 0 Å². The molecule has 4 rings (SSSR count). The Hall–Kier alpha value is -2.10. The Kier molecular flexibility index (Phi) is 5.09. The topological polar surface area (TPSA) is 82.2 Å². The Labute approximate surface area is 155 Å². The summed E-state index contributed by atoms with van der Waals surface area (Å²) in [4.78, 5) is 18.9. The number of methoxy groups -OCH3 is 1. The SMILES string of the molecule is COc1ccc(N2CCOCC2)c2sc(NC(=O)O[C@@H]3CCOC3)nc12. The maximum Gasteiger partial charge on any atom is 0.413 e. The minimum absolute atomic E-state index is 0.192. The monoisotopic (exact) mass is 379 g/mol. The van der Waals surface area contributed by atoms with E-state index in [0.717, 1.165) is 35.4 Å². The summed E-state index contributed by atoms with van der Waals surface area (Å²) >= 11 is 1.42. The lowest BCUT2D eigenvalue weighted by atomic mass is 10.2. The highest BCUT2D eigenvalue weighted by Crippen LogP contribution is 2.39. The van der Waals surface area contributed by atoms with Crippen LogP contribution >= 0.6 is 11.3 Å². The minimum Gasteiger partial charge on any atom is -0.494 e. The van der Waals surface area contributed by atoms with Gasteiger partial charge in [0.25, 0.3) is 0 Å². The number of carbonyl (C=O) groups is 1. The second kappa shape index (κ2) is 7.65. The van der Waals surface area contributed by atoms with Crippen molar-refractivity contribution in [1.29, 1.82) is 0 Å². The van der Waals surface area contributed by atoms with Crippen LogP contribution in [0.3, 0.4) is 0 Å². The Morgan fingerprint density at radius 3 is 2.88 bits per heavy atom. The summed E-state index contributed by atoms with van der Waals surface area (Å²) in [7, 11) is 1.62. The maximum absolute atomic E-state index is 12.1. The highest BCUT2D eigenvalue weighted by molar-refractivity contribution is 7.23. The van der Waals surface area contributed by atoms with E-state index in [-0.39, 0.29) is 6.10 Å². The van der Waals surface area contributed by atoms with Crippen LogP contribution in [0.15, 0.2) is 12.1 Å². The summed E-state index contributed by atoms with van der Waals surface area (Å²) in [5, 5.41) is 3.22. The first-order chi connectivity index (χ1) is 12.7. The number of hydrogen-bond acceptors (Lipinski definition) is 8. The molecule has 2 saturated heterocycles. The van der Waals surface area contributed by atoms with Gasteiger partial charge in [-0.25, -0.2) is 9.78 Å². The van der Waals surface area contributed by atoms with Gasteiger partial charge in [-0.15, -0.1) is 0 Å². The van der Waals surface area contributed by atoms with Crippen LogP contribution in [0.1, 0.15) is 6.42 Å². The number of carbonyl (C=O) groups excluding carboxylic acids is 1. The quantitative estimate of drug-likeness (QED) is 0.874. The molecule has 3 heterocycles. The number of thiazole rings is 1. The number of rotatable bonds is 4. The fourth-order valence-corrected chi connectivity index (χ4v) is 4.12. The van der Waals surface area contributed by atoms with E-state index in [1.54, 1.807) is 7.11 Å². The molecule has 1 amide bonds. The number of nitrogens with zero attached hydrogens (tertiary/aromatic N) is 2. The second-order valence-electron chi connectivity index (χ2n) is 6.10. The first-order valence-electron chi connectivity index (χ1n) is 8.60. The number of fused-ring (bicyclic) bond motifs is 1. The summed E-state index contributed by atoms with van der Waals surface area (Å²) in [5.41, 5.74) is 1.81.